The maximum Gasteiger partial charge on any atom is 0.414 e. The number of Topliss-reactive ketones (excluding diaryl/α,β-unsaturated/α-hetero) is 1. The lowest BCUT2D eigenvalue weighted by atomic mass is 10.1. The van der Waals surface area contributed by atoms with Gasteiger partial charge in [-0.05, 0) is 31.5 Å². The van der Waals surface area contributed by atoms with Crippen molar-refractivity contribution in [3.05, 3.63) is 24.0 Å². The molecule has 2 saturated heterocycles. The molecule has 2 atom stereocenters. The summed E-state index contributed by atoms with van der Waals surface area (Å²) in [6.07, 6.45) is -0.137. The van der Waals surface area contributed by atoms with Gasteiger partial charge in [0, 0.05) is 26.1 Å². The van der Waals surface area contributed by atoms with E-state index in [1.807, 2.05) is 4.90 Å². The SMILES string of the molecule is CC(=O)CC[C@H]1CN(c2ccc(N3CCO[C@H](CN)C3)c(F)c2)C(=O)O1. The third kappa shape index (κ3) is 4.13. The average molecular weight is 365 g/mol. The van der Waals surface area contributed by atoms with E-state index < -0.39 is 11.9 Å². The standard InChI is InChI=1S/C18H24FN3O4/c1-12(23)2-4-14-11-22(18(24)26-14)13-3-5-17(16(19)8-13)21-6-7-25-15(9-20)10-21/h3,5,8,14-15H,2,4,6-7,9-11,20H2,1H3/t14-,15+/m0/s1. The van der Waals surface area contributed by atoms with Crippen LogP contribution in [0.4, 0.5) is 20.6 Å². The van der Waals surface area contributed by atoms with E-state index in [0.29, 0.717) is 57.0 Å². The Bertz CT molecular complexity index is 684. The van der Waals surface area contributed by atoms with Gasteiger partial charge in [0.05, 0.1) is 30.6 Å². The Hall–Kier alpha value is -2.19. The van der Waals surface area contributed by atoms with Gasteiger partial charge in [-0.25, -0.2) is 9.18 Å². The van der Waals surface area contributed by atoms with Crippen LogP contribution < -0.4 is 15.5 Å². The van der Waals surface area contributed by atoms with Crippen molar-refractivity contribution in [2.24, 2.45) is 5.73 Å². The van der Waals surface area contributed by atoms with Crippen molar-refractivity contribution >= 4 is 23.3 Å². The highest BCUT2D eigenvalue weighted by Crippen LogP contribution is 2.29. The summed E-state index contributed by atoms with van der Waals surface area (Å²) in [7, 11) is 0. The molecule has 0 saturated carbocycles. The van der Waals surface area contributed by atoms with Crippen LogP contribution in [0.2, 0.25) is 0 Å². The highest BCUT2D eigenvalue weighted by atomic mass is 19.1. The molecule has 2 aliphatic heterocycles. The Morgan fingerprint density at radius 2 is 2.15 bits per heavy atom. The molecule has 3 rings (SSSR count). The monoisotopic (exact) mass is 365 g/mol. The van der Waals surface area contributed by atoms with Crippen LogP contribution >= 0.6 is 0 Å². The minimum atomic E-state index is -0.514. The van der Waals surface area contributed by atoms with Gasteiger partial charge in [-0.3, -0.25) is 4.90 Å². The number of morpholine rings is 1. The molecule has 2 heterocycles. The largest absolute Gasteiger partial charge is 0.444 e. The predicted octanol–water partition coefficient (Wildman–Crippen LogP) is 1.68. The predicted molar refractivity (Wildman–Crippen MR) is 94.9 cm³/mol. The van der Waals surface area contributed by atoms with Gasteiger partial charge in [0.25, 0.3) is 0 Å². The molecule has 1 amide bonds. The number of amides is 1. The first-order valence-electron chi connectivity index (χ1n) is 8.81. The highest BCUT2D eigenvalue weighted by molar-refractivity contribution is 5.90. The Balaban J connectivity index is 1.69. The lowest BCUT2D eigenvalue weighted by Gasteiger charge is -2.34. The molecule has 0 radical (unpaired) electrons. The molecule has 26 heavy (non-hydrogen) atoms. The molecule has 0 bridgehead atoms. The maximum atomic E-state index is 14.7. The molecule has 142 valence electrons. The first-order valence-corrected chi connectivity index (χ1v) is 8.81. The molecule has 0 unspecified atom stereocenters. The molecular weight excluding hydrogens is 341 g/mol. The second-order valence-corrected chi connectivity index (χ2v) is 6.67. The summed E-state index contributed by atoms with van der Waals surface area (Å²) in [4.78, 5) is 26.5. The topological polar surface area (TPSA) is 85.1 Å². The fourth-order valence-corrected chi connectivity index (χ4v) is 3.25. The Morgan fingerprint density at radius 3 is 2.85 bits per heavy atom. The van der Waals surface area contributed by atoms with E-state index in [4.69, 9.17) is 15.2 Å². The number of benzene rings is 1. The van der Waals surface area contributed by atoms with E-state index in [2.05, 4.69) is 0 Å². The van der Waals surface area contributed by atoms with E-state index in [1.54, 1.807) is 12.1 Å². The third-order valence-corrected chi connectivity index (χ3v) is 4.68. The Labute approximate surface area is 151 Å². The third-order valence-electron chi connectivity index (χ3n) is 4.68. The number of cyclic esters (lactones) is 1. The number of carbonyl (C=O) groups is 2. The summed E-state index contributed by atoms with van der Waals surface area (Å²) in [6.45, 7) is 3.83. The minimum Gasteiger partial charge on any atom is -0.444 e. The lowest BCUT2D eigenvalue weighted by molar-refractivity contribution is -0.117. The zero-order chi connectivity index (χ0) is 18.7. The van der Waals surface area contributed by atoms with Crippen molar-refractivity contribution in [1.82, 2.24) is 0 Å². The number of halogens is 1. The van der Waals surface area contributed by atoms with Gasteiger partial charge in [0.1, 0.15) is 17.7 Å². The molecule has 7 nitrogen and oxygen atoms in total. The quantitative estimate of drug-likeness (QED) is 0.826. The molecule has 8 heteroatoms. The number of hydrogen-bond donors (Lipinski definition) is 1. The van der Waals surface area contributed by atoms with Crippen molar-refractivity contribution in [2.75, 3.05) is 42.6 Å². The number of carbonyl (C=O) groups excluding carboxylic acids is 2. The normalized spacial score (nSPS) is 23.3. The first kappa shape index (κ1) is 18.6. The van der Waals surface area contributed by atoms with Crippen molar-refractivity contribution in [3.63, 3.8) is 0 Å². The summed E-state index contributed by atoms with van der Waals surface area (Å²) in [6, 6.07) is 4.72. The molecule has 0 spiro atoms. The van der Waals surface area contributed by atoms with Crippen molar-refractivity contribution in [2.45, 2.75) is 32.0 Å². The van der Waals surface area contributed by atoms with Gasteiger partial charge in [0.2, 0.25) is 0 Å². The summed E-state index contributed by atoms with van der Waals surface area (Å²) < 4.78 is 25.4. The Kier molecular flexibility index (Phi) is 5.73. The molecule has 1 aromatic rings. The molecule has 2 fully saturated rings. The van der Waals surface area contributed by atoms with Crippen LogP contribution in [0.1, 0.15) is 19.8 Å². The van der Waals surface area contributed by atoms with E-state index in [9.17, 15) is 14.0 Å². The van der Waals surface area contributed by atoms with Gasteiger partial charge in [0.15, 0.2) is 0 Å². The number of ether oxygens (including phenoxy) is 2. The summed E-state index contributed by atoms with van der Waals surface area (Å²) in [5, 5.41) is 0. The second-order valence-electron chi connectivity index (χ2n) is 6.67. The minimum absolute atomic E-state index is 0.0520. The first-order chi connectivity index (χ1) is 12.5. The van der Waals surface area contributed by atoms with Crippen LogP contribution in [0, 0.1) is 5.82 Å². The van der Waals surface area contributed by atoms with Crippen LogP contribution in [0.5, 0.6) is 0 Å². The fraction of sp³-hybridized carbons (Fsp3) is 0.556. The van der Waals surface area contributed by atoms with Gasteiger partial charge in [-0.2, -0.15) is 0 Å². The number of hydrogen-bond acceptors (Lipinski definition) is 6. The van der Waals surface area contributed by atoms with E-state index in [1.165, 1.54) is 17.9 Å². The van der Waals surface area contributed by atoms with E-state index >= 15 is 0 Å². The maximum absolute atomic E-state index is 14.7. The Morgan fingerprint density at radius 1 is 1.35 bits per heavy atom. The van der Waals surface area contributed by atoms with Crippen LogP contribution in [0.15, 0.2) is 18.2 Å². The van der Waals surface area contributed by atoms with Crippen LogP contribution in [-0.4, -0.2) is 56.9 Å². The average Bonchev–Trinajstić information content (AvgIpc) is 3.00. The fourth-order valence-electron chi connectivity index (χ4n) is 3.25. The highest BCUT2D eigenvalue weighted by Gasteiger charge is 2.33. The van der Waals surface area contributed by atoms with Crippen LogP contribution in [-0.2, 0) is 14.3 Å². The van der Waals surface area contributed by atoms with Crippen molar-refractivity contribution in [1.29, 1.82) is 0 Å². The number of nitrogens with two attached hydrogens (primary N) is 1. The zero-order valence-electron chi connectivity index (χ0n) is 14.8. The zero-order valence-corrected chi connectivity index (χ0v) is 14.8. The second kappa shape index (κ2) is 8.01. The summed E-state index contributed by atoms with van der Waals surface area (Å²) in [5.74, 6) is -0.351. The van der Waals surface area contributed by atoms with Gasteiger partial charge in [-0.15, -0.1) is 0 Å². The molecule has 1 aromatic carbocycles. The number of anilines is 2. The number of nitrogens with zero attached hydrogens (tertiary/aromatic N) is 2. The van der Waals surface area contributed by atoms with Crippen molar-refractivity contribution in [3.8, 4) is 0 Å². The molecule has 0 aliphatic carbocycles. The summed E-state index contributed by atoms with van der Waals surface area (Å²) in [5.41, 5.74) is 6.55. The smallest absolute Gasteiger partial charge is 0.414 e. The summed E-state index contributed by atoms with van der Waals surface area (Å²) >= 11 is 0. The number of ketones is 1. The molecular formula is C18H24FN3O4. The molecule has 2 N–H and O–H groups in total. The molecule has 2 aliphatic rings. The number of rotatable bonds is 6. The van der Waals surface area contributed by atoms with Gasteiger partial charge < -0.3 is 24.9 Å². The van der Waals surface area contributed by atoms with Gasteiger partial charge >= 0.3 is 6.09 Å². The van der Waals surface area contributed by atoms with E-state index in [0.717, 1.165) is 0 Å². The molecule has 0 aromatic heterocycles. The lowest BCUT2D eigenvalue weighted by Crippen LogP contribution is -2.46. The van der Waals surface area contributed by atoms with Crippen molar-refractivity contribution < 1.29 is 23.5 Å². The van der Waals surface area contributed by atoms with Crippen LogP contribution in [0.3, 0.4) is 0 Å². The van der Waals surface area contributed by atoms with Gasteiger partial charge in [-0.1, -0.05) is 0 Å². The van der Waals surface area contributed by atoms with Crippen LogP contribution in [0.25, 0.3) is 0 Å². The van der Waals surface area contributed by atoms with E-state index in [-0.39, 0.29) is 18.0 Å².